The highest BCUT2D eigenvalue weighted by Crippen LogP contribution is 2.18. The van der Waals surface area contributed by atoms with Crippen molar-refractivity contribution in [3.63, 3.8) is 0 Å². The number of carbonyl (C=O) groups is 2. The summed E-state index contributed by atoms with van der Waals surface area (Å²) in [6.45, 7) is 4.84. The number of carboxylic acid groups (broad SMARTS) is 1. The second-order valence-corrected chi connectivity index (χ2v) is 5.00. The lowest BCUT2D eigenvalue weighted by Gasteiger charge is -2.33. The van der Waals surface area contributed by atoms with Gasteiger partial charge in [0.2, 0.25) is 5.91 Å². The molecule has 1 saturated heterocycles. The largest absolute Gasteiger partial charge is 0.481 e. The Morgan fingerprint density at radius 3 is 2.71 bits per heavy atom. The Balaban J connectivity index is 2.31. The van der Waals surface area contributed by atoms with Crippen LogP contribution in [0.2, 0.25) is 0 Å². The number of hydrogen-bond acceptors (Lipinski definition) is 3. The van der Waals surface area contributed by atoms with Crippen molar-refractivity contribution in [3.05, 3.63) is 0 Å². The molecule has 0 spiro atoms. The molecule has 0 aromatic rings. The van der Waals surface area contributed by atoms with Crippen molar-refractivity contribution in [1.82, 2.24) is 10.6 Å². The zero-order chi connectivity index (χ0) is 12.9. The molecule has 1 rings (SSSR count). The average Bonchev–Trinajstić information content (AvgIpc) is 2.29. The average molecular weight is 242 g/mol. The fraction of sp³-hybridized carbons (Fsp3) is 0.833. The van der Waals surface area contributed by atoms with Gasteiger partial charge in [0.1, 0.15) is 0 Å². The van der Waals surface area contributed by atoms with E-state index >= 15 is 0 Å². The molecule has 2 unspecified atom stereocenters. The maximum absolute atomic E-state index is 12.0. The zero-order valence-corrected chi connectivity index (χ0v) is 10.6. The number of carboxylic acids is 1. The Hall–Kier alpha value is -1.10. The van der Waals surface area contributed by atoms with Gasteiger partial charge in [-0.1, -0.05) is 6.92 Å². The van der Waals surface area contributed by atoms with Crippen molar-refractivity contribution in [2.45, 2.75) is 45.1 Å². The first-order valence-electron chi connectivity index (χ1n) is 6.22. The maximum Gasteiger partial charge on any atom is 0.306 e. The standard InChI is InChI=1S/C12H22N2O3/c1-9(10(15)16)5-8-13-11(17)12(2)6-3-4-7-14-12/h9,14H,3-8H2,1-2H3,(H,13,17)(H,15,16). The minimum atomic E-state index is -0.818. The second-order valence-electron chi connectivity index (χ2n) is 5.00. The molecule has 1 heterocycles. The van der Waals surface area contributed by atoms with Crippen molar-refractivity contribution in [2.75, 3.05) is 13.1 Å². The molecule has 5 nitrogen and oxygen atoms in total. The summed E-state index contributed by atoms with van der Waals surface area (Å²) in [7, 11) is 0. The van der Waals surface area contributed by atoms with Crippen LogP contribution in [0, 0.1) is 5.92 Å². The van der Waals surface area contributed by atoms with Crippen LogP contribution in [-0.2, 0) is 9.59 Å². The Morgan fingerprint density at radius 2 is 2.18 bits per heavy atom. The lowest BCUT2D eigenvalue weighted by molar-refractivity contribution is -0.141. The van der Waals surface area contributed by atoms with Crippen molar-refractivity contribution in [3.8, 4) is 0 Å². The number of rotatable bonds is 5. The molecule has 5 heteroatoms. The van der Waals surface area contributed by atoms with Gasteiger partial charge in [0.05, 0.1) is 11.5 Å². The first-order valence-corrected chi connectivity index (χ1v) is 6.22. The van der Waals surface area contributed by atoms with Crippen LogP contribution >= 0.6 is 0 Å². The number of hydrogen-bond donors (Lipinski definition) is 3. The predicted molar refractivity (Wildman–Crippen MR) is 64.7 cm³/mol. The second kappa shape index (κ2) is 6.00. The lowest BCUT2D eigenvalue weighted by atomic mass is 9.90. The molecule has 0 bridgehead atoms. The molecular weight excluding hydrogens is 220 g/mol. The minimum absolute atomic E-state index is 0.0187. The molecule has 0 aliphatic carbocycles. The van der Waals surface area contributed by atoms with Crippen molar-refractivity contribution in [1.29, 1.82) is 0 Å². The van der Waals surface area contributed by atoms with Crippen LogP contribution in [0.4, 0.5) is 0 Å². The van der Waals surface area contributed by atoms with Crippen LogP contribution in [0.1, 0.15) is 39.5 Å². The molecule has 0 saturated carbocycles. The van der Waals surface area contributed by atoms with E-state index in [4.69, 9.17) is 5.11 Å². The third kappa shape index (κ3) is 4.00. The van der Waals surface area contributed by atoms with Gasteiger partial charge in [-0.25, -0.2) is 0 Å². The van der Waals surface area contributed by atoms with E-state index in [1.807, 2.05) is 6.92 Å². The third-order valence-corrected chi connectivity index (χ3v) is 3.40. The SMILES string of the molecule is CC(CCNC(=O)C1(C)CCCCN1)C(=O)O. The van der Waals surface area contributed by atoms with E-state index in [0.717, 1.165) is 25.8 Å². The van der Waals surface area contributed by atoms with E-state index in [1.54, 1.807) is 6.92 Å². The first kappa shape index (κ1) is 14.0. The van der Waals surface area contributed by atoms with Gasteiger partial charge >= 0.3 is 5.97 Å². The Morgan fingerprint density at radius 1 is 1.47 bits per heavy atom. The topological polar surface area (TPSA) is 78.4 Å². The van der Waals surface area contributed by atoms with E-state index in [-0.39, 0.29) is 5.91 Å². The fourth-order valence-corrected chi connectivity index (χ4v) is 1.97. The summed E-state index contributed by atoms with van der Waals surface area (Å²) in [6, 6.07) is 0. The van der Waals surface area contributed by atoms with Gasteiger partial charge in [-0.05, 0) is 39.2 Å². The summed E-state index contributed by atoms with van der Waals surface area (Å²) in [6.07, 6.45) is 3.48. The highest BCUT2D eigenvalue weighted by atomic mass is 16.4. The van der Waals surface area contributed by atoms with Crippen LogP contribution in [0.15, 0.2) is 0 Å². The molecule has 0 aromatic heterocycles. The van der Waals surface area contributed by atoms with Gasteiger partial charge in [-0.2, -0.15) is 0 Å². The van der Waals surface area contributed by atoms with Crippen LogP contribution < -0.4 is 10.6 Å². The maximum atomic E-state index is 12.0. The lowest BCUT2D eigenvalue weighted by Crippen LogP contribution is -2.57. The zero-order valence-electron chi connectivity index (χ0n) is 10.6. The van der Waals surface area contributed by atoms with Gasteiger partial charge in [-0.15, -0.1) is 0 Å². The first-order chi connectivity index (χ1) is 7.96. The summed E-state index contributed by atoms with van der Waals surface area (Å²) >= 11 is 0. The number of carbonyl (C=O) groups excluding carboxylic acids is 1. The van der Waals surface area contributed by atoms with Gasteiger partial charge in [0, 0.05) is 6.54 Å². The normalized spacial score (nSPS) is 26.2. The molecule has 1 aliphatic heterocycles. The van der Waals surface area contributed by atoms with E-state index in [2.05, 4.69) is 10.6 Å². The highest BCUT2D eigenvalue weighted by molar-refractivity contribution is 5.86. The molecule has 3 N–H and O–H groups in total. The molecule has 1 fully saturated rings. The van der Waals surface area contributed by atoms with Crippen molar-refractivity contribution >= 4 is 11.9 Å². The number of piperidine rings is 1. The quantitative estimate of drug-likeness (QED) is 0.664. The third-order valence-electron chi connectivity index (χ3n) is 3.40. The smallest absolute Gasteiger partial charge is 0.306 e. The summed E-state index contributed by atoms with van der Waals surface area (Å²) in [5, 5.41) is 14.8. The Bertz CT molecular complexity index is 285. The van der Waals surface area contributed by atoms with Crippen LogP contribution in [0.25, 0.3) is 0 Å². The van der Waals surface area contributed by atoms with Gasteiger partial charge in [0.25, 0.3) is 0 Å². The van der Waals surface area contributed by atoms with E-state index in [0.29, 0.717) is 13.0 Å². The molecular formula is C12H22N2O3. The van der Waals surface area contributed by atoms with E-state index < -0.39 is 17.4 Å². The Kier molecular flexibility index (Phi) is 4.93. The Labute approximate surface area is 102 Å². The number of nitrogens with one attached hydrogen (secondary N) is 2. The van der Waals surface area contributed by atoms with Gasteiger partial charge in [-0.3, -0.25) is 9.59 Å². The summed E-state index contributed by atoms with van der Waals surface area (Å²) in [4.78, 5) is 22.6. The molecule has 17 heavy (non-hydrogen) atoms. The van der Waals surface area contributed by atoms with Crippen LogP contribution in [0.3, 0.4) is 0 Å². The molecule has 0 radical (unpaired) electrons. The van der Waals surface area contributed by atoms with Crippen molar-refractivity contribution < 1.29 is 14.7 Å². The highest BCUT2D eigenvalue weighted by Gasteiger charge is 2.33. The van der Waals surface area contributed by atoms with Crippen LogP contribution in [0.5, 0.6) is 0 Å². The molecule has 0 aromatic carbocycles. The summed E-state index contributed by atoms with van der Waals surface area (Å²) in [5.41, 5.74) is -0.481. The van der Waals surface area contributed by atoms with Gasteiger partial charge in [0.15, 0.2) is 0 Å². The number of aliphatic carboxylic acids is 1. The predicted octanol–water partition coefficient (Wildman–Crippen LogP) is 0.746. The van der Waals surface area contributed by atoms with Crippen molar-refractivity contribution in [2.24, 2.45) is 5.92 Å². The number of amides is 1. The summed E-state index contributed by atoms with van der Waals surface area (Å²) < 4.78 is 0. The monoisotopic (exact) mass is 242 g/mol. The van der Waals surface area contributed by atoms with E-state index in [9.17, 15) is 9.59 Å². The van der Waals surface area contributed by atoms with Crippen LogP contribution in [-0.4, -0.2) is 35.6 Å². The molecule has 1 amide bonds. The molecule has 98 valence electrons. The fourth-order valence-electron chi connectivity index (χ4n) is 1.97. The van der Waals surface area contributed by atoms with E-state index in [1.165, 1.54) is 0 Å². The minimum Gasteiger partial charge on any atom is -0.481 e. The summed E-state index contributed by atoms with van der Waals surface area (Å²) in [5.74, 6) is -1.25. The molecule has 1 aliphatic rings. The van der Waals surface area contributed by atoms with Gasteiger partial charge < -0.3 is 15.7 Å². The molecule has 2 atom stereocenters.